The average molecular weight is 128 g/mol. The molecular weight excluding hydrogens is 116 g/mol. The molecule has 0 bridgehead atoms. The van der Waals surface area contributed by atoms with E-state index >= 15 is 0 Å². The lowest BCUT2D eigenvalue weighted by atomic mass is 10.1. The molecule has 1 unspecified atom stereocenters. The van der Waals surface area contributed by atoms with Gasteiger partial charge in [0.1, 0.15) is 6.04 Å². The summed E-state index contributed by atoms with van der Waals surface area (Å²) in [5.41, 5.74) is 0. The van der Waals surface area contributed by atoms with Gasteiger partial charge in [0.15, 0.2) is 0 Å². The molecule has 1 aliphatic rings. The van der Waals surface area contributed by atoms with E-state index in [9.17, 15) is 4.79 Å². The highest BCUT2D eigenvalue weighted by Crippen LogP contribution is 1.97. The Kier molecular flexibility index (Phi) is 2.05. The van der Waals surface area contributed by atoms with E-state index in [4.69, 9.17) is 0 Å². The Morgan fingerprint density at radius 2 is 2.56 bits per heavy atom. The number of hydrogen-bond donors (Lipinski definition) is 2. The molecule has 1 fully saturated rings. The van der Waals surface area contributed by atoms with E-state index in [1.807, 2.05) is 0 Å². The van der Waals surface area contributed by atoms with E-state index in [0.29, 0.717) is 0 Å². The molecule has 0 aromatic heterocycles. The quantitative estimate of drug-likeness (QED) is 0.420. The van der Waals surface area contributed by atoms with Gasteiger partial charge in [-0.15, -0.1) is 0 Å². The van der Waals surface area contributed by atoms with Crippen LogP contribution in [0.15, 0.2) is 0 Å². The second kappa shape index (κ2) is 2.82. The number of hydrogen-bond acceptors (Lipinski definition) is 1. The lowest BCUT2D eigenvalue weighted by molar-refractivity contribution is -0.621. The molecule has 1 amide bonds. The summed E-state index contributed by atoms with van der Waals surface area (Å²) < 4.78 is 0. The summed E-state index contributed by atoms with van der Waals surface area (Å²) in [5.74, 6) is 0.135. The fourth-order valence-electron chi connectivity index (χ4n) is 1.02. The van der Waals surface area contributed by atoms with Gasteiger partial charge in [0.2, 0.25) is 0 Å². The molecule has 1 rings (SSSR count). The van der Waals surface area contributed by atoms with E-state index in [0.717, 1.165) is 19.4 Å². The fraction of sp³-hybridized carbons (Fsp3) is 0.667. The first-order valence-electron chi connectivity index (χ1n) is 3.25. The standard InChI is InChI=1S/C6H12N2O/c1-7-5-3-2-4-8-6(5)9/h5H,1-4,7H2,(H,8,9). The van der Waals surface area contributed by atoms with Crippen molar-refractivity contribution < 1.29 is 10.1 Å². The Hall–Kier alpha value is -0.570. The summed E-state index contributed by atoms with van der Waals surface area (Å²) in [4.78, 5) is 10.8. The zero-order valence-electron chi connectivity index (χ0n) is 5.39. The number of carbonyl (C=O) groups excluding carboxylic acids is 1. The molecule has 0 aromatic carbocycles. The lowest BCUT2D eigenvalue weighted by Gasteiger charge is -2.20. The van der Waals surface area contributed by atoms with Gasteiger partial charge in [-0.05, 0) is 6.42 Å². The van der Waals surface area contributed by atoms with E-state index in [2.05, 4.69) is 12.4 Å². The predicted molar refractivity (Wildman–Crippen MR) is 33.3 cm³/mol. The molecule has 1 saturated heterocycles. The molecule has 52 valence electrons. The van der Waals surface area contributed by atoms with Crippen LogP contribution in [0.1, 0.15) is 12.8 Å². The van der Waals surface area contributed by atoms with Gasteiger partial charge in [0.05, 0.1) is 0 Å². The first-order chi connectivity index (χ1) is 4.34. The number of nitrogens with two attached hydrogens (primary N) is 1. The highest BCUT2D eigenvalue weighted by molar-refractivity contribution is 5.80. The van der Waals surface area contributed by atoms with E-state index < -0.39 is 0 Å². The van der Waals surface area contributed by atoms with Crippen LogP contribution in [0.4, 0.5) is 0 Å². The summed E-state index contributed by atoms with van der Waals surface area (Å²) in [6.07, 6.45) is 2.05. The first-order valence-corrected chi connectivity index (χ1v) is 3.25. The van der Waals surface area contributed by atoms with Gasteiger partial charge in [-0.1, -0.05) is 0 Å². The summed E-state index contributed by atoms with van der Waals surface area (Å²) in [6.45, 7) is 0.836. The molecule has 1 atom stereocenters. The topological polar surface area (TPSA) is 45.7 Å². The molecule has 0 saturated carbocycles. The van der Waals surface area contributed by atoms with Gasteiger partial charge >= 0.3 is 0 Å². The van der Waals surface area contributed by atoms with E-state index in [-0.39, 0.29) is 11.9 Å². The molecule has 3 heteroatoms. The smallest absolute Gasteiger partial charge is 0.275 e. The third-order valence-electron chi connectivity index (χ3n) is 1.61. The van der Waals surface area contributed by atoms with Crippen molar-refractivity contribution in [2.24, 2.45) is 0 Å². The molecule has 0 radical (unpaired) electrons. The van der Waals surface area contributed by atoms with Crippen LogP contribution < -0.4 is 10.6 Å². The third kappa shape index (κ3) is 1.42. The maximum Gasteiger partial charge on any atom is 0.275 e. The third-order valence-corrected chi connectivity index (χ3v) is 1.61. The second-order valence-corrected chi connectivity index (χ2v) is 2.28. The van der Waals surface area contributed by atoms with Gasteiger partial charge in [-0.2, -0.15) is 7.05 Å². The molecule has 3 nitrogen and oxygen atoms in total. The summed E-state index contributed by atoms with van der Waals surface area (Å²) >= 11 is 0. The van der Waals surface area contributed by atoms with Crippen LogP contribution in [-0.2, 0) is 4.79 Å². The van der Waals surface area contributed by atoms with E-state index in [1.165, 1.54) is 0 Å². The summed E-state index contributed by atoms with van der Waals surface area (Å²) in [7, 11) is 3.57. The molecule has 0 spiro atoms. The van der Waals surface area contributed by atoms with Crippen molar-refractivity contribution in [2.45, 2.75) is 18.9 Å². The van der Waals surface area contributed by atoms with Gasteiger partial charge in [0.25, 0.3) is 5.91 Å². The van der Waals surface area contributed by atoms with Crippen LogP contribution in [0.2, 0.25) is 0 Å². The highest BCUT2D eigenvalue weighted by atomic mass is 16.2. The summed E-state index contributed by atoms with van der Waals surface area (Å²) in [6, 6.07) is 0.0683. The van der Waals surface area contributed by atoms with Crippen molar-refractivity contribution in [1.82, 2.24) is 5.32 Å². The predicted octanol–water partition coefficient (Wildman–Crippen LogP) is -1.38. The zero-order chi connectivity index (χ0) is 6.69. The molecule has 0 aliphatic carbocycles. The number of carbonyl (C=O) groups is 1. The number of rotatable bonds is 1. The number of nitrogens with one attached hydrogen (secondary N) is 1. The molecule has 0 aromatic rings. The van der Waals surface area contributed by atoms with Crippen LogP contribution in [0.5, 0.6) is 0 Å². The fourth-order valence-corrected chi connectivity index (χ4v) is 1.02. The Labute approximate surface area is 54.8 Å². The van der Waals surface area contributed by atoms with Crippen molar-refractivity contribution in [3.8, 4) is 0 Å². The van der Waals surface area contributed by atoms with Gasteiger partial charge in [-0.3, -0.25) is 4.79 Å². The zero-order valence-corrected chi connectivity index (χ0v) is 5.39. The normalized spacial score (nSPS) is 27.7. The van der Waals surface area contributed by atoms with Gasteiger partial charge < -0.3 is 10.6 Å². The minimum absolute atomic E-state index is 0.0683. The monoisotopic (exact) mass is 128 g/mol. The maximum absolute atomic E-state index is 10.8. The Morgan fingerprint density at radius 1 is 1.78 bits per heavy atom. The summed E-state index contributed by atoms with van der Waals surface area (Å²) in [5, 5.41) is 4.49. The lowest BCUT2D eigenvalue weighted by Crippen LogP contribution is -2.87. The van der Waals surface area contributed by atoms with Crippen molar-refractivity contribution in [1.29, 1.82) is 0 Å². The molecule has 3 N–H and O–H groups in total. The molecule has 9 heavy (non-hydrogen) atoms. The highest BCUT2D eigenvalue weighted by Gasteiger charge is 2.20. The molecule has 1 aliphatic heterocycles. The Bertz CT molecular complexity index is 114. The van der Waals surface area contributed by atoms with Crippen LogP contribution >= 0.6 is 0 Å². The van der Waals surface area contributed by atoms with Crippen LogP contribution in [0.3, 0.4) is 0 Å². The van der Waals surface area contributed by atoms with E-state index in [1.54, 1.807) is 5.32 Å². The van der Waals surface area contributed by atoms with Crippen molar-refractivity contribution in [3.05, 3.63) is 7.05 Å². The Balaban J connectivity index is 2.39. The van der Waals surface area contributed by atoms with Crippen LogP contribution in [0.25, 0.3) is 0 Å². The minimum Gasteiger partial charge on any atom is -0.469 e. The maximum atomic E-state index is 10.8. The van der Waals surface area contributed by atoms with Crippen LogP contribution in [0, 0.1) is 7.05 Å². The SMILES string of the molecule is [CH2-][NH2+]C1CCCNC1=O. The largest absolute Gasteiger partial charge is 0.469 e. The van der Waals surface area contributed by atoms with Crippen LogP contribution in [-0.4, -0.2) is 18.5 Å². The molecular formula is C6H12N2O. The molecule has 1 heterocycles. The average Bonchev–Trinajstić information content (AvgIpc) is 1.89. The second-order valence-electron chi connectivity index (χ2n) is 2.28. The number of quaternary nitrogens is 1. The number of amides is 1. The van der Waals surface area contributed by atoms with Gasteiger partial charge in [-0.25, -0.2) is 0 Å². The van der Waals surface area contributed by atoms with Crippen molar-refractivity contribution >= 4 is 5.91 Å². The Morgan fingerprint density at radius 3 is 3.00 bits per heavy atom. The van der Waals surface area contributed by atoms with Crippen molar-refractivity contribution in [3.63, 3.8) is 0 Å². The van der Waals surface area contributed by atoms with Crippen molar-refractivity contribution in [2.75, 3.05) is 6.54 Å². The number of piperidine rings is 1. The first kappa shape index (κ1) is 6.55. The van der Waals surface area contributed by atoms with Gasteiger partial charge in [0, 0.05) is 13.0 Å². The minimum atomic E-state index is 0.0683.